The molecule has 0 aliphatic heterocycles. The molecule has 16 heavy (non-hydrogen) atoms. The van der Waals surface area contributed by atoms with Crippen LogP contribution < -0.4 is 11.3 Å². The van der Waals surface area contributed by atoms with Crippen molar-refractivity contribution >= 4 is 5.82 Å². The number of nitrogens with two attached hydrogens (primary N) is 1. The third-order valence-electron chi connectivity index (χ3n) is 2.86. The van der Waals surface area contributed by atoms with E-state index in [1.807, 2.05) is 0 Å². The second-order valence-electron chi connectivity index (χ2n) is 4.01. The van der Waals surface area contributed by atoms with Crippen LogP contribution in [0, 0.1) is 0 Å². The Morgan fingerprint density at radius 2 is 2.25 bits per heavy atom. The molecule has 5 heteroatoms. The van der Waals surface area contributed by atoms with Gasteiger partial charge in [-0.05, 0) is 25.7 Å². The molecule has 0 saturated carbocycles. The quantitative estimate of drug-likeness (QED) is 0.438. The first-order valence-electron chi connectivity index (χ1n) is 5.69. The van der Waals surface area contributed by atoms with Gasteiger partial charge in [-0.15, -0.1) is 0 Å². The zero-order chi connectivity index (χ0) is 11.4. The lowest BCUT2D eigenvalue weighted by atomic mass is 10.2. The van der Waals surface area contributed by atoms with Gasteiger partial charge < -0.3 is 10.2 Å². The molecule has 0 radical (unpaired) electrons. The second kappa shape index (κ2) is 5.23. The van der Waals surface area contributed by atoms with Crippen molar-refractivity contribution in [1.29, 1.82) is 0 Å². The number of hydrogen-bond donors (Lipinski definition) is 2. The van der Waals surface area contributed by atoms with Gasteiger partial charge in [-0.3, -0.25) is 0 Å². The van der Waals surface area contributed by atoms with Crippen molar-refractivity contribution < 1.29 is 4.74 Å². The van der Waals surface area contributed by atoms with E-state index in [9.17, 15) is 0 Å². The minimum Gasteiger partial charge on any atom is -0.385 e. The van der Waals surface area contributed by atoms with Crippen LogP contribution >= 0.6 is 0 Å². The first kappa shape index (κ1) is 11.3. The van der Waals surface area contributed by atoms with E-state index in [4.69, 9.17) is 10.6 Å². The van der Waals surface area contributed by atoms with Crippen molar-refractivity contribution in [2.45, 2.75) is 32.1 Å². The number of hydrazine groups is 1. The SMILES string of the molecule is COCCCc1nc2c(c(NN)n1)CCC2. The molecule has 1 aromatic rings. The topological polar surface area (TPSA) is 73.1 Å². The third kappa shape index (κ3) is 2.31. The first-order chi connectivity index (χ1) is 7.85. The molecule has 0 atom stereocenters. The Balaban J connectivity index is 2.14. The van der Waals surface area contributed by atoms with Crippen LogP contribution in [-0.2, 0) is 24.0 Å². The largest absolute Gasteiger partial charge is 0.385 e. The highest BCUT2D eigenvalue weighted by Crippen LogP contribution is 2.25. The fraction of sp³-hybridized carbons (Fsp3) is 0.636. The second-order valence-corrected chi connectivity index (χ2v) is 4.01. The fourth-order valence-electron chi connectivity index (χ4n) is 2.09. The number of aryl methyl sites for hydroxylation is 2. The lowest BCUT2D eigenvalue weighted by Gasteiger charge is -2.08. The summed E-state index contributed by atoms with van der Waals surface area (Å²) in [5, 5.41) is 0. The number of rotatable bonds is 5. The van der Waals surface area contributed by atoms with Crippen LogP contribution in [0.4, 0.5) is 5.82 Å². The standard InChI is InChI=1S/C11H18N4O/c1-16-7-3-6-10-13-9-5-2-4-8(9)11(14-10)15-12/h2-7,12H2,1H3,(H,13,14,15). The highest BCUT2D eigenvalue weighted by Gasteiger charge is 2.18. The van der Waals surface area contributed by atoms with Crippen LogP contribution in [0.1, 0.15) is 29.9 Å². The summed E-state index contributed by atoms with van der Waals surface area (Å²) in [5.74, 6) is 7.15. The van der Waals surface area contributed by atoms with Gasteiger partial charge in [0.1, 0.15) is 11.6 Å². The van der Waals surface area contributed by atoms with Crippen LogP contribution in [0.15, 0.2) is 0 Å². The van der Waals surface area contributed by atoms with Crippen molar-refractivity contribution in [2.75, 3.05) is 19.1 Å². The first-order valence-corrected chi connectivity index (χ1v) is 5.69. The van der Waals surface area contributed by atoms with E-state index < -0.39 is 0 Å². The lowest BCUT2D eigenvalue weighted by molar-refractivity contribution is 0.194. The molecule has 2 rings (SSSR count). The van der Waals surface area contributed by atoms with E-state index in [0.29, 0.717) is 0 Å². The number of methoxy groups -OCH3 is 1. The number of aromatic nitrogens is 2. The molecule has 0 bridgehead atoms. The summed E-state index contributed by atoms with van der Waals surface area (Å²) in [7, 11) is 1.70. The van der Waals surface area contributed by atoms with Crippen molar-refractivity contribution in [3.8, 4) is 0 Å². The van der Waals surface area contributed by atoms with E-state index >= 15 is 0 Å². The fourth-order valence-corrected chi connectivity index (χ4v) is 2.09. The van der Waals surface area contributed by atoms with Crippen LogP contribution in [-0.4, -0.2) is 23.7 Å². The average Bonchev–Trinajstić information content (AvgIpc) is 2.76. The summed E-state index contributed by atoms with van der Waals surface area (Å²) in [6, 6.07) is 0. The van der Waals surface area contributed by atoms with E-state index in [1.165, 1.54) is 5.56 Å². The smallest absolute Gasteiger partial charge is 0.147 e. The molecular weight excluding hydrogens is 204 g/mol. The van der Waals surface area contributed by atoms with Gasteiger partial charge in [-0.1, -0.05) is 0 Å². The van der Waals surface area contributed by atoms with Gasteiger partial charge >= 0.3 is 0 Å². The summed E-state index contributed by atoms with van der Waals surface area (Å²) in [6.45, 7) is 0.742. The number of fused-ring (bicyclic) bond motifs is 1. The van der Waals surface area contributed by atoms with Gasteiger partial charge in [0.05, 0.1) is 0 Å². The number of nitrogens with one attached hydrogen (secondary N) is 1. The zero-order valence-electron chi connectivity index (χ0n) is 9.62. The van der Waals surface area contributed by atoms with E-state index in [-0.39, 0.29) is 0 Å². The van der Waals surface area contributed by atoms with Crippen LogP contribution in [0.2, 0.25) is 0 Å². The highest BCUT2D eigenvalue weighted by molar-refractivity contribution is 5.47. The molecule has 1 aromatic heterocycles. The van der Waals surface area contributed by atoms with Crippen molar-refractivity contribution in [3.63, 3.8) is 0 Å². The molecule has 1 aliphatic rings. The summed E-state index contributed by atoms with van der Waals surface area (Å²) in [6.07, 6.45) is 5.02. The summed E-state index contributed by atoms with van der Waals surface area (Å²) >= 11 is 0. The van der Waals surface area contributed by atoms with Crippen molar-refractivity contribution in [2.24, 2.45) is 5.84 Å². The van der Waals surface area contributed by atoms with Gasteiger partial charge in [0.25, 0.3) is 0 Å². The van der Waals surface area contributed by atoms with Crippen LogP contribution in [0.5, 0.6) is 0 Å². The lowest BCUT2D eigenvalue weighted by Crippen LogP contribution is -2.14. The Labute approximate surface area is 95.4 Å². The maximum atomic E-state index is 5.48. The maximum absolute atomic E-state index is 5.48. The summed E-state index contributed by atoms with van der Waals surface area (Å²) in [5.41, 5.74) is 5.03. The van der Waals surface area contributed by atoms with Crippen LogP contribution in [0.25, 0.3) is 0 Å². The third-order valence-corrected chi connectivity index (χ3v) is 2.86. The number of nitrogen functional groups attached to an aromatic ring is 1. The monoisotopic (exact) mass is 222 g/mol. The van der Waals surface area contributed by atoms with E-state index in [0.717, 1.165) is 56.0 Å². The number of ether oxygens (including phenoxy) is 1. The Morgan fingerprint density at radius 1 is 1.38 bits per heavy atom. The van der Waals surface area contributed by atoms with Gasteiger partial charge in [0.15, 0.2) is 0 Å². The predicted molar refractivity (Wildman–Crippen MR) is 62.1 cm³/mol. The predicted octanol–water partition coefficient (Wildman–Crippen LogP) is 0.830. The number of hydrogen-bond acceptors (Lipinski definition) is 5. The summed E-state index contributed by atoms with van der Waals surface area (Å²) < 4.78 is 5.02. The average molecular weight is 222 g/mol. The number of nitrogens with zero attached hydrogens (tertiary/aromatic N) is 2. The Kier molecular flexibility index (Phi) is 3.69. The molecule has 88 valence electrons. The Morgan fingerprint density at radius 3 is 3.00 bits per heavy atom. The molecule has 5 nitrogen and oxygen atoms in total. The van der Waals surface area contributed by atoms with E-state index in [2.05, 4.69) is 15.4 Å². The maximum Gasteiger partial charge on any atom is 0.147 e. The molecule has 0 spiro atoms. The molecule has 0 aromatic carbocycles. The minimum atomic E-state index is 0.742. The normalized spacial score (nSPS) is 13.9. The molecule has 3 N–H and O–H groups in total. The van der Waals surface area contributed by atoms with Gasteiger partial charge in [-0.2, -0.15) is 0 Å². The minimum absolute atomic E-state index is 0.742. The molecular formula is C11H18N4O. The zero-order valence-corrected chi connectivity index (χ0v) is 9.62. The van der Waals surface area contributed by atoms with Crippen LogP contribution in [0.3, 0.4) is 0 Å². The molecule has 0 fully saturated rings. The molecule has 0 unspecified atom stereocenters. The van der Waals surface area contributed by atoms with Crippen molar-refractivity contribution in [1.82, 2.24) is 9.97 Å². The molecule has 0 amide bonds. The van der Waals surface area contributed by atoms with Gasteiger partial charge in [0.2, 0.25) is 0 Å². The Bertz CT molecular complexity index is 367. The molecule has 1 heterocycles. The molecule has 1 aliphatic carbocycles. The van der Waals surface area contributed by atoms with Gasteiger partial charge in [0, 0.05) is 31.4 Å². The highest BCUT2D eigenvalue weighted by atomic mass is 16.5. The summed E-state index contributed by atoms with van der Waals surface area (Å²) in [4.78, 5) is 9.00. The molecule has 0 saturated heterocycles. The van der Waals surface area contributed by atoms with Gasteiger partial charge in [-0.25, -0.2) is 15.8 Å². The van der Waals surface area contributed by atoms with Crippen molar-refractivity contribution in [3.05, 3.63) is 17.1 Å². The van der Waals surface area contributed by atoms with E-state index in [1.54, 1.807) is 7.11 Å². The number of anilines is 1. The Hall–Kier alpha value is -1.20.